The van der Waals surface area contributed by atoms with Gasteiger partial charge in [-0.05, 0) is 50.6 Å². The number of carbonyl (C=O) groups excluding carboxylic acids is 2. The van der Waals surface area contributed by atoms with E-state index >= 15 is 0 Å². The molecule has 1 atom stereocenters. The van der Waals surface area contributed by atoms with Gasteiger partial charge < -0.3 is 10.4 Å². The molecule has 0 radical (unpaired) electrons. The van der Waals surface area contributed by atoms with E-state index in [2.05, 4.69) is 5.32 Å². The second kappa shape index (κ2) is 6.49. The summed E-state index contributed by atoms with van der Waals surface area (Å²) in [5.41, 5.74) is 1.18. The van der Waals surface area contributed by atoms with Gasteiger partial charge in [0.05, 0.1) is 6.54 Å². The summed E-state index contributed by atoms with van der Waals surface area (Å²) in [6.45, 7) is 2.16. The van der Waals surface area contributed by atoms with E-state index in [0.717, 1.165) is 6.42 Å². The molecular weight excluding hydrogens is 272 g/mol. The number of amides is 1. The summed E-state index contributed by atoms with van der Waals surface area (Å²) in [5, 5.41) is 11.8. The molecule has 2 rings (SSSR count). The largest absolute Gasteiger partial charge is 0.480 e. The number of likely N-dealkylation sites (tertiary alicyclic amines) is 1. The predicted molar refractivity (Wildman–Crippen MR) is 77.3 cm³/mol. The fourth-order valence-electron chi connectivity index (χ4n) is 2.47. The fourth-order valence-corrected chi connectivity index (χ4v) is 2.47. The van der Waals surface area contributed by atoms with Crippen LogP contribution in [0.4, 0.5) is 5.69 Å². The number of benzene rings is 1. The monoisotopic (exact) mass is 290 g/mol. The van der Waals surface area contributed by atoms with Crippen molar-refractivity contribution < 1.29 is 19.5 Å². The molecule has 21 heavy (non-hydrogen) atoms. The van der Waals surface area contributed by atoms with Crippen LogP contribution in [0, 0.1) is 0 Å². The number of rotatable bonds is 5. The molecule has 1 amide bonds. The molecule has 0 aromatic heterocycles. The SMILES string of the molecule is CC(=O)c1ccc(NC(=O)CN2CCCC2C(=O)O)cc1. The van der Waals surface area contributed by atoms with Gasteiger partial charge in [0.2, 0.25) is 5.91 Å². The standard InChI is InChI=1S/C15H18N2O4/c1-10(18)11-4-6-12(7-5-11)16-14(19)9-17-8-2-3-13(17)15(20)21/h4-7,13H,2-3,8-9H2,1H3,(H,16,19)(H,20,21). The second-order valence-corrected chi connectivity index (χ2v) is 5.15. The Morgan fingerprint density at radius 3 is 2.52 bits per heavy atom. The van der Waals surface area contributed by atoms with Gasteiger partial charge in [-0.25, -0.2) is 0 Å². The lowest BCUT2D eigenvalue weighted by Crippen LogP contribution is -2.40. The van der Waals surface area contributed by atoms with Gasteiger partial charge in [-0.3, -0.25) is 19.3 Å². The van der Waals surface area contributed by atoms with Gasteiger partial charge in [0.15, 0.2) is 5.78 Å². The highest BCUT2D eigenvalue weighted by Gasteiger charge is 2.31. The lowest BCUT2D eigenvalue weighted by Gasteiger charge is -2.20. The van der Waals surface area contributed by atoms with Crippen molar-refractivity contribution in [1.29, 1.82) is 0 Å². The minimum Gasteiger partial charge on any atom is -0.480 e. The summed E-state index contributed by atoms with van der Waals surface area (Å²) in [5.74, 6) is -1.17. The topological polar surface area (TPSA) is 86.7 Å². The van der Waals surface area contributed by atoms with Crippen LogP contribution in [0.25, 0.3) is 0 Å². The number of nitrogens with zero attached hydrogens (tertiary/aromatic N) is 1. The van der Waals surface area contributed by atoms with Gasteiger partial charge in [0.25, 0.3) is 0 Å². The van der Waals surface area contributed by atoms with Gasteiger partial charge in [-0.15, -0.1) is 0 Å². The highest BCUT2D eigenvalue weighted by Crippen LogP contribution is 2.17. The van der Waals surface area contributed by atoms with Crippen LogP contribution < -0.4 is 5.32 Å². The van der Waals surface area contributed by atoms with Crippen molar-refractivity contribution in [3.05, 3.63) is 29.8 Å². The molecule has 6 heteroatoms. The van der Waals surface area contributed by atoms with Crippen molar-refractivity contribution in [2.24, 2.45) is 0 Å². The Labute approximate surface area is 122 Å². The quantitative estimate of drug-likeness (QED) is 0.800. The minimum absolute atomic E-state index is 0.0331. The van der Waals surface area contributed by atoms with E-state index in [9.17, 15) is 14.4 Å². The van der Waals surface area contributed by atoms with Crippen LogP contribution in [0.5, 0.6) is 0 Å². The van der Waals surface area contributed by atoms with Gasteiger partial charge in [0.1, 0.15) is 6.04 Å². The van der Waals surface area contributed by atoms with Crippen LogP contribution in [-0.4, -0.2) is 46.8 Å². The molecule has 0 saturated carbocycles. The molecule has 1 aromatic carbocycles. The molecule has 1 aliphatic heterocycles. The molecule has 0 spiro atoms. The zero-order valence-corrected chi connectivity index (χ0v) is 11.8. The molecule has 0 bridgehead atoms. The van der Waals surface area contributed by atoms with E-state index in [4.69, 9.17) is 5.11 Å². The Morgan fingerprint density at radius 1 is 1.29 bits per heavy atom. The molecule has 1 saturated heterocycles. The number of Topliss-reactive ketones (excluding diaryl/α,β-unsaturated/α-hetero) is 1. The van der Waals surface area contributed by atoms with Crippen molar-refractivity contribution in [2.75, 3.05) is 18.4 Å². The van der Waals surface area contributed by atoms with Crippen molar-refractivity contribution in [2.45, 2.75) is 25.8 Å². The molecule has 2 N–H and O–H groups in total. The summed E-state index contributed by atoms with van der Waals surface area (Å²) < 4.78 is 0. The summed E-state index contributed by atoms with van der Waals surface area (Å²) in [6.07, 6.45) is 1.37. The lowest BCUT2D eigenvalue weighted by atomic mass is 10.1. The first-order chi connectivity index (χ1) is 9.97. The van der Waals surface area contributed by atoms with E-state index in [1.807, 2.05) is 0 Å². The van der Waals surface area contributed by atoms with Crippen LogP contribution in [0.2, 0.25) is 0 Å². The molecule has 0 aliphatic carbocycles. The average Bonchev–Trinajstić information content (AvgIpc) is 2.87. The zero-order valence-electron chi connectivity index (χ0n) is 11.8. The van der Waals surface area contributed by atoms with Crippen molar-refractivity contribution in [1.82, 2.24) is 4.90 Å². The Hall–Kier alpha value is -2.21. The number of nitrogens with one attached hydrogen (secondary N) is 1. The Balaban J connectivity index is 1.92. The first-order valence-corrected chi connectivity index (χ1v) is 6.85. The third-order valence-electron chi connectivity index (χ3n) is 3.57. The first-order valence-electron chi connectivity index (χ1n) is 6.85. The zero-order chi connectivity index (χ0) is 15.4. The van der Waals surface area contributed by atoms with Crippen LogP contribution >= 0.6 is 0 Å². The molecule has 112 valence electrons. The molecule has 1 fully saturated rings. The first kappa shape index (κ1) is 15.2. The Bertz CT molecular complexity index is 553. The average molecular weight is 290 g/mol. The fraction of sp³-hybridized carbons (Fsp3) is 0.400. The lowest BCUT2D eigenvalue weighted by molar-refractivity contribution is -0.142. The van der Waals surface area contributed by atoms with Crippen LogP contribution in [0.1, 0.15) is 30.1 Å². The number of anilines is 1. The predicted octanol–water partition coefficient (Wildman–Crippen LogP) is 1.38. The van der Waals surface area contributed by atoms with E-state index < -0.39 is 12.0 Å². The maximum atomic E-state index is 11.9. The van der Waals surface area contributed by atoms with Crippen molar-refractivity contribution in [3.63, 3.8) is 0 Å². The van der Waals surface area contributed by atoms with E-state index in [0.29, 0.717) is 24.2 Å². The summed E-state index contributed by atoms with van der Waals surface area (Å²) in [6, 6.07) is 6.04. The Kier molecular flexibility index (Phi) is 4.70. The molecule has 1 unspecified atom stereocenters. The highest BCUT2D eigenvalue weighted by molar-refractivity contribution is 5.96. The van der Waals surface area contributed by atoms with Gasteiger partial charge >= 0.3 is 5.97 Å². The molecular formula is C15H18N2O4. The molecule has 1 aromatic rings. The smallest absolute Gasteiger partial charge is 0.320 e. The van der Waals surface area contributed by atoms with Gasteiger partial charge in [0, 0.05) is 11.3 Å². The minimum atomic E-state index is -0.883. The number of carbonyl (C=O) groups is 3. The van der Waals surface area contributed by atoms with Crippen LogP contribution in [0.15, 0.2) is 24.3 Å². The second-order valence-electron chi connectivity index (χ2n) is 5.15. The van der Waals surface area contributed by atoms with E-state index in [1.165, 1.54) is 6.92 Å². The summed E-state index contributed by atoms with van der Waals surface area (Å²) >= 11 is 0. The number of carboxylic acids is 1. The third-order valence-corrected chi connectivity index (χ3v) is 3.57. The number of hydrogen-bond acceptors (Lipinski definition) is 4. The normalized spacial score (nSPS) is 18.4. The van der Waals surface area contributed by atoms with Gasteiger partial charge in [-0.2, -0.15) is 0 Å². The number of ketones is 1. The number of carboxylic acid groups (broad SMARTS) is 1. The molecule has 1 heterocycles. The number of hydrogen-bond donors (Lipinski definition) is 2. The van der Waals surface area contributed by atoms with Gasteiger partial charge in [-0.1, -0.05) is 0 Å². The Morgan fingerprint density at radius 2 is 1.95 bits per heavy atom. The van der Waals surface area contributed by atoms with E-state index in [-0.39, 0.29) is 18.2 Å². The highest BCUT2D eigenvalue weighted by atomic mass is 16.4. The number of aliphatic carboxylic acids is 1. The summed E-state index contributed by atoms with van der Waals surface area (Å²) in [4.78, 5) is 35.8. The molecule has 1 aliphatic rings. The summed E-state index contributed by atoms with van der Waals surface area (Å²) in [7, 11) is 0. The maximum absolute atomic E-state index is 11.9. The van der Waals surface area contributed by atoms with Crippen molar-refractivity contribution >= 4 is 23.3 Å². The third kappa shape index (κ3) is 3.88. The van der Waals surface area contributed by atoms with Crippen LogP contribution in [-0.2, 0) is 9.59 Å². The van der Waals surface area contributed by atoms with Crippen LogP contribution in [0.3, 0.4) is 0 Å². The van der Waals surface area contributed by atoms with E-state index in [1.54, 1.807) is 29.2 Å². The molecule has 6 nitrogen and oxygen atoms in total. The maximum Gasteiger partial charge on any atom is 0.320 e. The van der Waals surface area contributed by atoms with Crippen molar-refractivity contribution in [3.8, 4) is 0 Å².